The van der Waals surface area contributed by atoms with Crippen molar-refractivity contribution in [2.24, 2.45) is 11.7 Å². The normalized spacial score (nSPS) is 25.9. The highest BCUT2D eigenvalue weighted by molar-refractivity contribution is 8.00. The Kier molecular flexibility index (Phi) is 5.13. The van der Waals surface area contributed by atoms with E-state index < -0.39 is 0 Å². The van der Waals surface area contributed by atoms with E-state index in [0.717, 1.165) is 11.2 Å². The van der Waals surface area contributed by atoms with Gasteiger partial charge >= 0.3 is 0 Å². The van der Waals surface area contributed by atoms with Crippen LogP contribution in [-0.2, 0) is 0 Å². The van der Waals surface area contributed by atoms with Crippen molar-refractivity contribution in [2.45, 2.75) is 62.1 Å². The quantitative estimate of drug-likeness (QED) is 0.847. The molecule has 1 saturated carbocycles. The summed E-state index contributed by atoms with van der Waals surface area (Å²) in [5.41, 5.74) is 7.21. The molecule has 18 heavy (non-hydrogen) atoms. The molecule has 100 valence electrons. The lowest BCUT2D eigenvalue weighted by molar-refractivity contribution is 0.361. The summed E-state index contributed by atoms with van der Waals surface area (Å²) in [6.45, 7) is 4.39. The molecule has 0 heterocycles. The molecule has 0 aliphatic heterocycles. The van der Waals surface area contributed by atoms with Gasteiger partial charge in [0.2, 0.25) is 0 Å². The molecule has 0 bridgehead atoms. The first kappa shape index (κ1) is 14.0. The standard InChI is InChI=1S/C16H25NS/c1-3-13-7-4-5-10-16(13)18-15-9-6-8-14(11-15)12(2)17/h6,8-9,11-13,16H,3-5,7,10,17H2,1-2H3. The van der Waals surface area contributed by atoms with Crippen molar-refractivity contribution in [1.82, 2.24) is 0 Å². The molecule has 0 amide bonds. The summed E-state index contributed by atoms with van der Waals surface area (Å²) < 4.78 is 0. The monoisotopic (exact) mass is 263 g/mol. The van der Waals surface area contributed by atoms with Gasteiger partial charge in [-0.05, 0) is 43.4 Å². The van der Waals surface area contributed by atoms with E-state index in [9.17, 15) is 0 Å². The van der Waals surface area contributed by atoms with Crippen molar-refractivity contribution in [1.29, 1.82) is 0 Å². The lowest BCUT2D eigenvalue weighted by Gasteiger charge is -2.30. The largest absolute Gasteiger partial charge is 0.324 e. The Morgan fingerprint density at radius 2 is 2.11 bits per heavy atom. The van der Waals surface area contributed by atoms with E-state index in [1.165, 1.54) is 42.6 Å². The van der Waals surface area contributed by atoms with Crippen LogP contribution in [0, 0.1) is 5.92 Å². The minimum atomic E-state index is 0.138. The molecule has 2 rings (SSSR count). The summed E-state index contributed by atoms with van der Waals surface area (Å²) in [4.78, 5) is 1.40. The van der Waals surface area contributed by atoms with E-state index in [1.54, 1.807) is 0 Å². The first-order chi connectivity index (χ1) is 8.70. The van der Waals surface area contributed by atoms with Crippen LogP contribution in [0.4, 0.5) is 0 Å². The number of rotatable bonds is 4. The molecule has 1 aliphatic carbocycles. The van der Waals surface area contributed by atoms with Gasteiger partial charge in [-0.3, -0.25) is 0 Å². The first-order valence-corrected chi connectivity index (χ1v) is 8.11. The van der Waals surface area contributed by atoms with Crippen LogP contribution >= 0.6 is 11.8 Å². The lowest BCUT2D eigenvalue weighted by atomic mass is 9.87. The van der Waals surface area contributed by atoms with Crippen molar-refractivity contribution in [3.8, 4) is 0 Å². The number of hydrogen-bond donors (Lipinski definition) is 1. The topological polar surface area (TPSA) is 26.0 Å². The molecule has 1 nitrogen and oxygen atoms in total. The Hall–Kier alpha value is -0.470. The minimum Gasteiger partial charge on any atom is -0.324 e. The molecule has 1 aromatic carbocycles. The number of benzene rings is 1. The summed E-state index contributed by atoms with van der Waals surface area (Å²) in [5, 5.41) is 0.812. The third kappa shape index (κ3) is 3.52. The van der Waals surface area contributed by atoms with Crippen LogP contribution in [0.25, 0.3) is 0 Å². The van der Waals surface area contributed by atoms with Crippen molar-refractivity contribution in [3.63, 3.8) is 0 Å². The SMILES string of the molecule is CCC1CCCCC1Sc1cccc(C(C)N)c1. The Balaban J connectivity index is 2.05. The smallest absolute Gasteiger partial charge is 0.0266 e. The van der Waals surface area contributed by atoms with Crippen LogP contribution in [0.3, 0.4) is 0 Å². The molecular formula is C16H25NS. The van der Waals surface area contributed by atoms with Gasteiger partial charge in [0.25, 0.3) is 0 Å². The summed E-state index contributed by atoms with van der Waals surface area (Å²) >= 11 is 2.07. The van der Waals surface area contributed by atoms with Gasteiger partial charge in [-0.1, -0.05) is 38.3 Å². The fourth-order valence-electron chi connectivity index (χ4n) is 2.84. The number of nitrogens with two attached hydrogens (primary N) is 1. The van der Waals surface area contributed by atoms with Crippen LogP contribution < -0.4 is 5.73 Å². The zero-order valence-corrected chi connectivity index (χ0v) is 12.4. The van der Waals surface area contributed by atoms with E-state index in [4.69, 9.17) is 5.73 Å². The Morgan fingerprint density at radius 3 is 2.83 bits per heavy atom. The number of thioether (sulfide) groups is 1. The molecule has 3 atom stereocenters. The minimum absolute atomic E-state index is 0.138. The first-order valence-electron chi connectivity index (χ1n) is 7.23. The maximum absolute atomic E-state index is 5.96. The van der Waals surface area contributed by atoms with Crippen LogP contribution in [0.2, 0.25) is 0 Å². The van der Waals surface area contributed by atoms with E-state index in [-0.39, 0.29) is 6.04 Å². The molecule has 0 aromatic heterocycles. The molecule has 1 aromatic rings. The average molecular weight is 263 g/mol. The lowest BCUT2D eigenvalue weighted by Crippen LogP contribution is -2.21. The zero-order chi connectivity index (χ0) is 13.0. The van der Waals surface area contributed by atoms with E-state index in [2.05, 4.69) is 49.9 Å². The van der Waals surface area contributed by atoms with Crippen LogP contribution in [0.1, 0.15) is 57.6 Å². The van der Waals surface area contributed by atoms with Crippen molar-refractivity contribution in [2.75, 3.05) is 0 Å². The highest BCUT2D eigenvalue weighted by Gasteiger charge is 2.24. The highest BCUT2D eigenvalue weighted by Crippen LogP contribution is 2.39. The Labute approximate surface area is 116 Å². The second-order valence-electron chi connectivity index (χ2n) is 5.47. The molecule has 0 radical (unpaired) electrons. The maximum Gasteiger partial charge on any atom is 0.0266 e. The zero-order valence-electron chi connectivity index (χ0n) is 11.6. The van der Waals surface area contributed by atoms with Crippen LogP contribution in [0.5, 0.6) is 0 Å². The van der Waals surface area contributed by atoms with Gasteiger partial charge in [-0.15, -0.1) is 11.8 Å². The van der Waals surface area contributed by atoms with Gasteiger partial charge in [0.15, 0.2) is 0 Å². The van der Waals surface area contributed by atoms with E-state index in [1.807, 2.05) is 0 Å². The highest BCUT2D eigenvalue weighted by atomic mass is 32.2. The van der Waals surface area contributed by atoms with Crippen LogP contribution in [0.15, 0.2) is 29.2 Å². The van der Waals surface area contributed by atoms with Gasteiger partial charge in [-0.25, -0.2) is 0 Å². The third-order valence-electron chi connectivity index (χ3n) is 4.04. The van der Waals surface area contributed by atoms with Gasteiger partial charge in [-0.2, -0.15) is 0 Å². The third-order valence-corrected chi connectivity index (χ3v) is 5.48. The molecule has 0 spiro atoms. The van der Waals surface area contributed by atoms with Crippen molar-refractivity contribution < 1.29 is 0 Å². The molecule has 3 unspecified atom stereocenters. The summed E-state index contributed by atoms with van der Waals surface area (Å²) in [7, 11) is 0. The maximum atomic E-state index is 5.96. The second-order valence-corrected chi connectivity index (χ2v) is 6.78. The fraction of sp³-hybridized carbons (Fsp3) is 0.625. The van der Waals surface area contributed by atoms with E-state index in [0.29, 0.717) is 0 Å². The fourth-order valence-corrected chi connectivity index (χ4v) is 4.36. The summed E-state index contributed by atoms with van der Waals surface area (Å²) in [6.07, 6.45) is 6.95. The van der Waals surface area contributed by atoms with Gasteiger partial charge in [0, 0.05) is 16.2 Å². The predicted octanol–water partition coefficient (Wildman–Crippen LogP) is 4.77. The average Bonchev–Trinajstić information content (AvgIpc) is 2.39. The Morgan fingerprint density at radius 1 is 1.33 bits per heavy atom. The predicted molar refractivity (Wildman–Crippen MR) is 80.9 cm³/mol. The van der Waals surface area contributed by atoms with Gasteiger partial charge in [0.1, 0.15) is 0 Å². The van der Waals surface area contributed by atoms with Gasteiger partial charge in [0.05, 0.1) is 0 Å². The summed E-state index contributed by atoms with van der Waals surface area (Å²) in [6, 6.07) is 8.92. The molecular weight excluding hydrogens is 238 g/mol. The molecule has 2 heteroatoms. The van der Waals surface area contributed by atoms with Gasteiger partial charge < -0.3 is 5.73 Å². The number of hydrogen-bond acceptors (Lipinski definition) is 2. The molecule has 2 N–H and O–H groups in total. The van der Waals surface area contributed by atoms with Crippen LogP contribution in [-0.4, -0.2) is 5.25 Å². The van der Waals surface area contributed by atoms with E-state index >= 15 is 0 Å². The second kappa shape index (κ2) is 6.63. The Bertz CT molecular complexity index is 375. The van der Waals surface area contributed by atoms with Crippen molar-refractivity contribution in [3.05, 3.63) is 29.8 Å². The molecule has 1 fully saturated rings. The van der Waals surface area contributed by atoms with Crippen molar-refractivity contribution >= 4 is 11.8 Å². The summed E-state index contributed by atoms with van der Waals surface area (Å²) in [5.74, 6) is 0.905. The molecule has 1 aliphatic rings. The molecule has 0 saturated heterocycles.